The minimum absolute atomic E-state index is 0.0112. The average molecular weight is 619 g/mol. The number of hydrogen-bond acceptors (Lipinski definition) is 8. The lowest BCUT2D eigenvalue weighted by molar-refractivity contribution is -0.142. The second-order valence-electron chi connectivity index (χ2n) is 11.9. The molecule has 0 spiro atoms. The highest BCUT2D eigenvalue weighted by Crippen LogP contribution is 2.45. The number of piperidine rings is 2. The van der Waals surface area contributed by atoms with Crippen LogP contribution in [0.15, 0.2) is 54.9 Å². The highest BCUT2D eigenvalue weighted by molar-refractivity contribution is 6.30. The number of hydrogen-bond donors (Lipinski definition) is 3. The number of anilines is 1. The molecule has 44 heavy (non-hydrogen) atoms. The van der Waals surface area contributed by atoms with Crippen LogP contribution >= 0.6 is 11.6 Å². The van der Waals surface area contributed by atoms with Gasteiger partial charge in [0.2, 0.25) is 11.8 Å². The van der Waals surface area contributed by atoms with Crippen LogP contribution in [0.5, 0.6) is 0 Å². The molecule has 1 aliphatic carbocycles. The molecule has 3 atom stereocenters. The molecule has 2 amide bonds. The van der Waals surface area contributed by atoms with Crippen LogP contribution in [-0.4, -0.2) is 90.7 Å². The van der Waals surface area contributed by atoms with Gasteiger partial charge in [0.15, 0.2) is 0 Å². The van der Waals surface area contributed by atoms with Crippen molar-refractivity contribution in [2.75, 3.05) is 25.0 Å². The van der Waals surface area contributed by atoms with Crippen molar-refractivity contribution >= 4 is 41.1 Å². The summed E-state index contributed by atoms with van der Waals surface area (Å²) in [5.74, 6) is -1.25. The number of nitrogens with two attached hydrogens (primary N) is 1. The van der Waals surface area contributed by atoms with Crippen LogP contribution in [0, 0.1) is 11.8 Å². The smallest absolute Gasteiger partial charge is 0.335 e. The summed E-state index contributed by atoms with van der Waals surface area (Å²) in [4.78, 5) is 43.5. The zero-order valence-electron chi connectivity index (χ0n) is 24.1. The summed E-state index contributed by atoms with van der Waals surface area (Å²) in [5, 5.41) is 24.1. The first kappa shape index (κ1) is 29.9. The molecule has 3 unspecified atom stereocenters. The average Bonchev–Trinajstić information content (AvgIpc) is 3.73. The van der Waals surface area contributed by atoms with Crippen LogP contribution in [-0.2, 0) is 9.59 Å². The van der Waals surface area contributed by atoms with Crippen LogP contribution in [0.3, 0.4) is 0 Å². The summed E-state index contributed by atoms with van der Waals surface area (Å²) in [5.41, 5.74) is 8.10. The van der Waals surface area contributed by atoms with E-state index in [9.17, 15) is 19.5 Å². The van der Waals surface area contributed by atoms with Crippen molar-refractivity contribution in [2.45, 2.75) is 50.2 Å². The van der Waals surface area contributed by atoms with Crippen molar-refractivity contribution in [3.63, 3.8) is 0 Å². The number of halogens is 1. The molecule has 3 fully saturated rings. The van der Waals surface area contributed by atoms with Gasteiger partial charge in [-0.2, -0.15) is 4.68 Å². The Labute approximate surface area is 259 Å². The molecule has 0 radical (unpaired) electrons. The zero-order chi connectivity index (χ0) is 30.8. The minimum atomic E-state index is -1.04. The number of aromatic carboxylic acids is 1. The topological polar surface area (TPSA) is 160 Å². The number of carbonyl (C=O) groups excluding carboxylic acids is 2. The zero-order valence-corrected chi connectivity index (χ0v) is 24.9. The molecule has 2 saturated heterocycles. The number of benzene rings is 2. The fraction of sp³-hybridized carbons (Fsp3) is 0.419. The maximum Gasteiger partial charge on any atom is 0.335 e. The Bertz CT molecular complexity index is 1530. The molecule has 12 nitrogen and oxygen atoms in total. The fourth-order valence-corrected chi connectivity index (χ4v) is 6.66. The normalized spacial score (nSPS) is 23.1. The van der Waals surface area contributed by atoms with Gasteiger partial charge in [-0.25, -0.2) is 4.79 Å². The van der Waals surface area contributed by atoms with E-state index in [2.05, 4.69) is 25.7 Å². The molecule has 3 aromatic rings. The van der Waals surface area contributed by atoms with Crippen LogP contribution in [0.25, 0.3) is 11.8 Å². The van der Waals surface area contributed by atoms with E-state index in [4.69, 9.17) is 17.3 Å². The van der Waals surface area contributed by atoms with E-state index in [-0.39, 0.29) is 35.4 Å². The summed E-state index contributed by atoms with van der Waals surface area (Å²) in [7, 11) is 0. The SMILES string of the molecule is NC1CCN(C2CC(C3CC3)C(C(=O)Nc3ccc(C(=O)O)cc3)N(C(=O)/C=C/c3cc(Cl)ccc3-n3cnnn3)C2)CC1. The highest BCUT2D eigenvalue weighted by atomic mass is 35.5. The summed E-state index contributed by atoms with van der Waals surface area (Å²) in [6.45, 7) is 2.14. The number of nitrogens with zero attached hydrogens (tertiary/aromatic N) is 6. The number of aromatic nitrogens is 4. The molecular formula is C31H35ClN8O4. The van der Waals surface area contributed by atoms with E-state index >= 15 is 0 Å². The van der Waals surface area contributed by atoms with Gasteiger partial charge in [0, 0.05) is 41.0 Å². The van der Waals surface area contributed by atoms with Gasteiger partial charge in [-0.3, -0.25) is 14.5 Å². The molecule has 0 bridgehead atoms. The first-order valence-corrected chi connectivity index (χ1v) is 15.3. The van der Waals surface area contributed by atoms with Gasteiger partial charge >= 0.3 is 5.97 Å². The number of amides is 2. The van der Waals surface area contributed by atoms with Gasteiger partial charge in [0.05, 0.1) is 11.3 Å². The molecule has 1 aromatic heterocycles. The number of nitrogens with one attached hydrogen (secondary N) is 1. The van der Waals surface area contributed by atoms with Gasteiger partial charge in [-0.05, 0) is 116 Å². The quantitative estimate of drug-likeness (QED) is 0.322. The van der Waals surface area contributed by atoms with Crippen molar-refractivity contribution in [1.82, 2.24) is 30.0 Å². The summed E-state index contributed by atoms with van der Waals surface area (Å²) < 4.78 is 1.49. The minimum Gasteiger partial charge on any atom is -0.478 e. The first-order valence-electron chi connectivity index (χ1n) is 14.9. The van der Waals surface area contributed by atoms with Crippen LogP contribution in [0.4, 0.5) is 5.69 Å². The largest absolute Gasteiger partial charge is 0.478 e. The lowest BCUT2D eigenvalue weighted by Gasteiger charge is -2.48. The Morgan fingerprint density at radius 2 is 1.80 bits per heavy atom. The molecule has 4 N–H and O–H groups in total. The number of likely N-dealkylation sites (tertiary alicyclic amines) is 2. The second-order valence-corrected chi connectivity index (χ2v) is 12.3. The van der Waals surface area contributed by atoms with E-state index in [0.29, 0.717) is 34.4 Å². The number of tetrazole rings is 1. The molecule has 230 valence electrons. The Balaban J connectivity index is 1.30. The Hall–Kier alpha value is -4.13. The van der Waals surface area contributed by atoms with Crippen LogP contribution in [0.1, 0.15) is 48.0 Å². The van der Waals surface area contributed by atoms with E-state index in [1.807, 2.05) is 0 Å². The molecule has 6 rings (SSSR count). The number of rotatable bonds is 8. The third-order valence-corrected chi connectivity index (χ3v) is 9.19. The van der Waals surface area contributed by atoms with E-state index in [1.54, 1.807) is 41.3 Å². The van der Waals surface area contributed by atoms with Crippen molar-refractivity contribution in [3.8, 4) is 5.69 Å². The lowest BCUT2D eigenvalue weighted by atomic mass is 9.81. The third kappa shape index (κ3) is 6.67. The Morgan fingerprint density at radius 3 is 2.45 bits per heavy atom. The van der Waals surface area contributed by atoms with Crippen molar-refractivity contribution in [2.24, 2.45) is 17.6 Å². The van der Waals surface area contributed by atoms with Gasteiger partial charge < -0.3 is 21.1 Å². The van der Waals surface area contributed by atoms with Gasteiger partial charge in [-0.15, -0.1) is 5.10 Å². The second kappa shape index (κ2) is 12.8. The molecule has 2 aromatic carbocycles. The third-order valence-electron chi connectivity index (χ3n) is 8.95. The lowest BCUT2D eigenvalue weighted by Crippen LogP contribution is -2.62. The monoisotopic (exact) mass is 618 g/mol. The van der Waals surface area contributed by atoms with E-state index in [1.165, 1.54) is 29.2 Å². The van der Waals surface area contributed by atoms with E-state index in [0.717, 1.165) is 45.2 Å². The number of carboxylic acids is 1. The van der Waals surface area contributed by atoms with Crippen LogP contribution in [0.2, 0.25) is 5.02 Å². The molecule has 2 aliphatic heterocycles. The van der Waals surface area contributed by atoms with E-state index < -0.39 is 12.0 Å². The summed E-state index contributed by atoms with van der Waals surface area (Å²) in [6.07, 6.45) is 9.31. The predicted octanol–water partition coefficient (Wildman–Crippen LogP) is 3.08. The summed E-state index contributed by atoms with van der Waals surface area (Å²) in [6, 6.07) is 10.9. The Kier molecular flexibility index (Phi) is 8.74. The standard InChI is InChI=1S/C31H35ClN8O4/c32-22-6-9-27(40-18-34-36-37-40)21(15-22)5-10-28(41)39-17-25(38-13-11-23(33)12-14-38)16-26(19-1-2-19)29(39)30(42)35-24-7-3-20(4-8-24)31(43)44/h3-10,15,18-19,23,25-26,29H,1-2,11-14,16-17,33H2,(H,35,42)(H,43,44)/b10-5+. The molecule has 1 saturated carbocycles. The van der Waals surface area contributed by atoms with Gasteiger partial charge in [-0.1, -0.05) is 11.6 Å². The van der Waals surface area contributed by atoms with Gasteiger partial charge in [0.25, 0.3) is 0 Å². The first-order chi connectivity index (χ1) is 21.3. The van der Waals surface area contributed by atoms with Crippen LogP contribution < -0.4 is 11.1 Å². The maximum absolute atomic E-state index is 14.1. The van der Waals surface area contributed by atoms with Crippen molar-refractivity contribution in [1.29, 1.82) is 0 Å². The molecule has 13 heteroatoms. The van der Waals surface area contributed by atoms with Crippen molar-refractivity contribution < 1.29 is 19.5 Å². The fourth-order valence-electron chi connectivity index (χ4n) is 6.48. The summed E-state index contributed by atoms with van der Waals surface area (Å²) >= 11 is 6.30. The highest BCUT2D eigenvalue weighted by Gasteiger charge is 2.49. The van der Waals surface area contributed by atoms with Crippen molar-refractivity contribution in [3.05, 3.63) is 71.0 Å². The molecule has 3 aliphatic rings. The number of carbonyl (C=O) groups is 3. The molecule has 3 heterocycles. The Morgan fingerprint density at radius 1 is 1.05 bits per heavy atom. The van der Waals surface area contributed by atoms with Gasteiger partial charge in [0.1, 0.15) is 12.4 Å². The molecular weight excluding hydrogens is 584 g/mol. The maximum atomic E-state index is 14.1. The predicted molar refractivity (Wildman–Crippen MR) is 164 cm³/mol. The number of carboxylic acid groups (broad SMARTS) is 1.